The first-order chi connectivity index (χ1) is 16.9. The van der Waals surface area contributed by atoms with E-state index in [-0.39, 0.29) is 18.3 Å². The first kappa shape index (κ1) is 25.2. The van der Waals surface area contributed by atoms with Crippen LogP contribution in [0.5, 0.6) is 11.5 Å². The van der Waals surface area contributed by atoms with Crippen LogP contribution in [0.15, 0.2) is 24.4 Å². The van der Waals surface area contributed by atoms with Gasteiger partial charge in [-0.3, -0.25) is 0 Å². The molecule has 2 saturated heterocycles. The Labute approximate surface area is 211 Å². The van der Waals surface area contributed by atoms with Crippen LogP contribution in [0, 0.1) is 6.92 Å². The summed E-state index contributed by atoms with van der Waals surface area (Å²) in [5.74, 6) is 2.74. The van der Waals surface area contributed by atoms with E-state index in [4.69, 9.17) is 19.2 Å². The fourth-order valence-electron chi connectivity index (χ4n) is 4.18. The lowest BCUT2D eigenvalue weighted by molar-refractivity contribution is 0.0511. The summed E-state index contributed by atoms with van der Waals surface area (Å²) in [5.41, 5.74) is 1.77. The number of hydrogen-bond acceptors (Lipinski definition) is 9. The van der Waals surface area contributed by atoms with Gasteiger partial charge < -0.3 is 29.3 Å². The highest BCUT2D eigenvalue weighted by Gasteiger charge is 2.28. The molecule has 2 fully saturated rings. The Morgan fingerprint density at radius 1 is 1.20 bits per heavy atom. The molecule has 35 heavy (non-hydrogen) atoms. The molecule has 9 nitrogen and oxygen atoms in total. The number of nitrogens with one attached hydrogen (secondary N) is 1. The van der Waals surface area contributed by atoms with Gasteiger partial charge in [-0.15, -0.1) is 0 Å². The van der Waals surface area contributed by atoms with E-state index < -0.39 is 0 Å². The van der Waals surface area contributed by atoms with E-state index in [0.717, 1.165) is 43.1 Å². The van der Waals surface area contributed by atoms with Crippen molar-refractivity contribution in [2.75, 3.05) is 49.8 Å². The number of aromatic nitrogens is 2. The minimum absolute atomic E-state index is 0.0217. The molecule has 1 N–H and O–H groups in total. The van der Waals surface area contributed by atoms with E-state index in [1.54, 1.807) is 18.2 Å². The van der Waals surface area contributed by atoms with Crippen molar-refractivity contribution in [3.63, 3.8) is 0 Å². The molecule has 1 amide bonds. The number of amides is 1. The van der Waals surface area contributed by atoms with Crippen LogP contribution in [-0.4, -0.2) is 78.0 Å². The molecule has 4 heterocycles. The normalized spacial score (nSPS) is 16.7. The number of pyridine rings is 2. The molecular formula is C25H35N5O4S. The fourth-order valence-corrected chi connectivity index (χ4v) is 4.84. The topological polar surface area (TPSA) is 89.0 Å². The first-order valence-electron chi connectivity index (χ1n) is 12.1. The third-order valence-electron chi connectivity index (χ3n) is 6.23. The third kappa shape index (κ3) is 6.04. The molecule has 0 spiro atoms. The Morgan fingerprint density at radius 2 is 1.94 bits per heavy atom. The fraction of sp³-hybridized carbons (Fsp3) is 0.560. The van der Waals surface area contributed by atoms with Crippen molar-refractivity contribution in [3.8, 4) is 11.5 Å². The monoisotopic (exact) mass is 501 g/mol. The highest BCUT2D eigenvalue weighted by atomic mass is 32.2. The van der Waals surface area contributed by atoms with E-state index in [0.29, 0.717) is 35.7 Å². The van der Waals surface area contributed by atoms with Gasteiger partial charge in [-0.05, 0) is 39.2 Å². The predicted molar refractivity (Wildman–Crippen MR) is 139 cm³/mol. The largest absolute Gasteiger partial charge is 0.490 e. The first-order valence-corrected chi connectivity index (χ1v) is 13.3. The van der Waals surface area contributed by atoms with Crippen LogP contribution in [0.25, 0.3) is 0 Å². The molecule has 0 aliphatic carbocycles. The molecule has 0 saturated carbocycles. The standard InChI is InChI=1S/C25H35N5O4S/c1-16(2)33-25(31)29-12-9-18(10-13-29)34-21-8-11-26-24(23(21)32-4)28-20-6-7-22(27-17(20)3)30-14-19(15-30)35-5/h6-8,11,16,18-19H,9-10,12-15H2,1-5H3,(H,26,28). The molecule has 2 aliphatic heterocycles. The number of anilines is 3. The molecule has 0 aromatic carbocycles. The van der Waals surface area contributed by atoms with Gasteiger partial charge >= 0.3 is 6.09 Å². The number of thioether (sulfide) groups is 1. The van der Waals surface area contributed by atoms with Crippen LogP contribution in [0.1, 0.15) is 32.4 Å². The van der Waals surface area contributed by atoms with Gasteiger partial charge in [-0.2, -0.15) is 11.8 Å². The average molecular weight is 502 g/mol. The van der Waals surface area contributed by atoms with Crippen molar-refractivity contribution in [1.82, 2.24) is 14.9 Å². The zero-order valence-corrected chi connectivity index (χ0v) is 21.9. The second-order valence-electron chi connectivity index (χ2n) is 9.12. The summed E-state index contributed by atoms with van der Waals surface area (Å²) >= 11 is 1.90. The zero-order valence-electron chi connectivity index (χ0n) is 21.1. The molecule has 0 atom stereocenters. The molecule has 190 valence electrons. The van der Waals surface area contributed by atoms with Gasteiger partial charge in [-0.25, -0.2) is 14.8 Å². The number of nitrogens with zero attached hydrogens (tertiary/aromatic N) is 4. The summed E-state index contributed by atoms with van der Waals surface area (Å²) in [7, 11) is 1.61. The number of aryl methyl sites for hydroxylation is 1. The van der Waals surface area contributed by atoms with E-state index in [1.165, 1.54) is 0 Å². The summed E-state index contributed by atoms with van der Waals surface area (Å²) in [6.07, 6.45) is 4.89. The number of methoxy groups -OCH3 is 1. The molecular weight excluding hydrogens is 466 g/mol. The maximum atomic E-state index is 12.1. The van der Waals surface area contributed by atoms with Gasteiger partial charge in [0.05, 0.1) is 24.6 Å². The van der Waals surface area contributed by atoms with Crippen LogP contribution < -0.4 is 19.7 Å². The quantitative estimate of drug-likeness (QED) is 0.562. The SMILES string of the molecule is COc1c(OC2CCN(C(=O)OC(C)C)CC2)ccnc1Nc1ccc(N2CC(SC)C2)nc1C. The van der Waals surface area contributed by atoms with E-state index in [1.807, 2.05) is 50.7 Å². The molecule has 2 aliphatic rings. The second-order valence-corrected chi connectivity index (χ2v) is 10.3. The average Bonchev–Trinajstić information content (AvgIpc) is 2.80. The molecule has 0 unspecified atom stereocenters. The van der Waals surface area contributed by atoms with Gasteiger partial charge in [0.1, 0.15) is 11.9 Å². The van der Waals surface area contributed by atoms with Crippen LogP contribution in [-0.2, 0) is 4.74 Å². The molecule has 2 aromatic rings. The van der Waals surface area contributed by atoms with Gasteiger partial charge in [0, 0.05) is 56.5 Å². The Hall–Kier alpha value is -2.88. The predicted octanol–water partition coefficient (Wildman–Crippen LogP) is 4.48. The third-order valence-corrected chi connectivity index (χ3v) is 7.20. The number of carbonyl (C=O) groups excluding carboxylic acids is 1. The Kier molecular flexibility index (Phi) is 8.10. The number of hydrogen-bond donors (Lipinski definition) is 1. The van der Waals surface area contributed by atoms with Crippen LogP contribution in [0.3, 0.4) is 0 Å². The van der Waals surface area contributed by atoms with Gasteiger partial charge in [0.15, 0.2) is 11.6 Å². The Balaban J connectivity index is 1.40. The summed E-state index contributed by atoms with van der Waals surface area (Å²) in [6.45, 7) is 8.96. The van der Waals surface area contributed by atoms with Crippen molar-refractivity contribution in [3.05, 3.63) is 30.1 Å². The number of rotatable bonds is 8. The lowest BCUT2D eigenvalue weighted by Gasteiger charge is -2.39. The highest BCUT2D eigenvalue weighted by molar-refractivity contribution is 7.99. The van der Waals surface area contributed by atoms with Crippen LogP contribution in [0.4, 0.5) is 22.1 Å². The van der Waals surface area contributed by atoms with Crippen molar-refractivity contribution >= 4 is 35.2 Å². The van der Waals surface area contributed by atoms with Crippen molar-refractivity contribution in [1.29, 1.82) is 0 Å². The summed E-state index contributed by atoms with van der Waals surface area (Å²) in [6, 6.07) is 5.88. The smallest absolute Gasteiger partial charge is 0.410 e. The Morgan fingerprint density at radius 3 is 2.57 bits per heavy atom. The van der Waals surface area contributed by atoms with E-state index in [2.05, 4.69) is 21.5 Å². The second kappa shape index (κ2) is 11.2. The number of piperidine rings is 1. The maximum Gasteiger partial charge on any atom is 0.410 e. The number of likely N-dealkylation sites (tertiary alicyclic amines) is 1. The number of ether oxygens (including phenoxy) is 3. The minimum Gasteiger partial charge on any atom is -0.490 e. The van der Waals surface area contributed by atoms with Crippen molar-refractivity contribution < 1.29 is 19.0 Å². The molecule has 4 rings (SSSR count). The van der Waals surface area contributed by atoms with E-state index >= 15 is 0 Å². The maximum absolute atomic E-state index is 12.1. The summed E-state index contributed by atoms with van der Waals surface area (Å²) in [5, 5.41) is 4.05. The number of carbonyl (C=O) groups is 1. The lowest BCUT2D eigenvalue weighted by Crippen LogP contribution is -2.49. The van der Waals surface area contributed by atoms with E-state index in [9.17, 15) is 4.79 Å². The summed E-state index contributed by atoms with van der Waals surface area (Å²) < 4.78 is 17.3. The molecule has 2 aromatic heterocycles. The van der Waals surface area contributed by atoms with Crippen molar-refractivity contribution in [2.45, 2.75) is 51.1 Å². The lowest BCUT2D eigenvalue weighted by atomic mass is 10.1. The van der Waals surface area contributed by atoms with Gasteiger partial charge in [-0.1, -0.05) is 0 Å². The molecule has 0 bridgehead atoms. The highest BCUT2D eigenvalue weighted by Crippen LogP contribution is 2.37. The summed E-state index contributed by atoms with van der Waals surface area (Å²) in [4.78, 5) is 25.4. The molecule has 10 heteroatoms. The zero-order chi connectivity index (χ0) is 24.9. The Bertz CT molecular complexity index is 1020. The molecule has 0 radical (unpaired) electrons. The van der Waals surface area contributed by atoms with Gasteiger partial charge in [0.2, 0.25) is 5.75 Å². The minimum atomic E-state index is -0.264. The van der Waals surface area contributed by atoms with Crippen molar-refractivity contribution in [2.24, 2.45) is 0 Å². The van der Waals surface area contributed by atoms with Crippen LogP contribution >= 0.6 is 11.8 Å². The van der Waals surface area contributed by atoms with Crippen LogP contribution in [0.2, 0.25) is 0 Å². The van der Waals surface area contributed by atoms with Gasteiger partial charge in [0.25, 0.3) is 0 Å².